The first-order valence-electron chi connectivity index (χ1n) is 5.24. The van der Waals surface area contributed by atoms with Crippen LogP contribution in [0.2, 0.25) is 0 Å². The number of benzene rings is 1. The van der Waals surface area contributed by atoms with E-state index in [9.17, 15) is 26.4 Å². The van der Waals surface area contributed by atoms with Crippen LogP contribution in [0.4, 0.5) is 13.2 Å². The number of carbonyl (C=O) groups is 1. The van der Waals surface area contributed by atoms with Crippen LogP contribution >= 0.6 is 11.6 Å². The van der Waals surface area contributed by atoms with Gasteiger partial charge in [-0.1, -0.05) is 0 Å². The maximum absolute atomic E-state index is 12.8. The highest BCUT2D eigenvalue weighted by Crippen LogP contribution is 2.32. The van der Waals surface area contributed by atoms with E-state index in [1.807, 2.05) is 0 Å². The molecule has 0 amide bonds. The van der Waals surface area contributed by atoms with Gasteiger partial charge in [-0.25, -0.2) is 12.7 Å². The summed E-state index contributed by atoms with van der Waals surface area (Å²) >= 11 is 5.29. The molecule has 0 atom stereocenters. The minimum atomic E-state index is -4.76. The van der Waals surface area contributed by atoms with Gasteiger partial charge in [0.25, 0.3) is 0 Å². The van der Waals surface area contributed by atoms with Crippen LogP contribution in [0, 0.1) is 0 Å². The van der Waals surface area contributed by atoms with Crippen molar-refractivity contribution in [2.75, 3.05) is 20.0 Å². The molecule has 1 rings (SSSR count). The molecular weight excluding hydrogens is 319 g/mol. The van der Waals surface area contributed by atoms with E-state index < -0.39 is 43.9 Å². The molecule has 0 bridgehead atoms. The van der Waals surface area contributed by atoms with Gasteiger partial charge >= 0.3 is 6.18 Å². The largest absolute Gasteiger partial charge is 0.416 e. The Morgan fingerprint density at radius 1 is 1.25 bits per heavy atom. The molecule has 4 nitrogen and oxygen atoms in total. The van der Waals surface area contributed by atoms with Crippen molar-refractivity contribution in [2.24, 2.45) is 0 Å². The number of alkyl halides is 4. The molecule has 20 heavy (non-hydrogen) atoms. The van der Waals surface area contributed by atoms with Gasteiger partial charge in [0, 0.05) is 19.7 Å². The highest BCUT2D eigenvalue weighted by molar-refractivity contribution is 7.89. The van der Waals surface area contributed by atoms with Gasteiger partial charge in [-0.2, -0.15) is 13.2 Å². The average Bonchev–Trinajstić information content (AvgIpc) is 2.35. The number of nitrogens with zero attached hydrogens (tertiary/aromatic N) is 1. The van der Waals surface area contributed by atoms with Crippen LogP contribution in [-0.2, 0) is 16.2 Å². The first-order valence-corrected chi connectivity index (χ1v) is 7.21. The monoisotopic (exact) mass is 329 g/mol. The SMILES string of the molecule is CN(C)S(=O)(=O)c1cc(C(=O)CCl)cc(C(F)(F)F)c1. The summed E-state index contributed by atoms with van der Waals surface area (Å²) in [7, 11) is -1.73. The number of carbonyl (C=O) groups excluding carboxylic acids is 1. The Morgan fingerprint density at radius 2 is 1.80 bits per heavy atom. The Balaban J connectivity index is 3.59. The Bertz CT molecular complexity index is 626. The van der Waals surface area contributed by atoms with E-state index in [4.69, 9.17) is 11.6 Å². The third-order valence-corrected chi connectivity index (χ3v) is 4.49. The zero-order valence-electron chi connectivity index (χ0n) is 10.5. The average molecular weight is 330 g/mol. The van der Waals surface area contributed by atoms with E-state index in [2.05, 4.69) is 0 Å². The van der Waals surface area contributed by atoms with E-state index >= 15 is 0 Å². The van der Waals surface area contributed by atoms with Crippen molar-refractivity contribution in [3.05, 3.63) is 29.3 Å². The molecular formula is C11H11ClF3NO3S. The maximum Gasteiger partial charge on any atom is 0.416 e. The van der Waals surface area contributed by atoms with E-state index in [-0.39, 0.29) is 0 Å². The maximum atomic E-state index is 12.8. The molecule has 1 aromatic rings. The normalized spacial score (nSPS) is 12.8. The molecule has 0 saturated carbocycles. The van der Waals surface area contributed by atoms with Crippen molar-refractivity contribution in [3.63, 3.8) is 0 Å². The van der Waals surface area contributed by atoms with Gasteiger partial charge in [0.15, 0.2) is 5.78 Å². The molecule has 0 radical (unpaired) electrons. The molecule has 1 aromatic carbocycles. The van der Waals surface area contributed by atoms with Gasteiger partial charge in [0.1, 0.15) is 0 Å². The summed E-state index contributed by atoms with van der Waals surface area (Å²) in [4.78, 5) is 10.8. The third kappa shape index (κ3) is 3.50. The minimum absolute atomic E-state index is 0.393. The number of hydrogen-bond donors (Lipinski definition) is 0. The predicted molar refractivity (Wildman–Crippen MR) is 67.4 cm³/mol. The standard InChI is InChI=1S/C11H11ClF3NO3S/c1-16(2)20(18,19)9-4-7(10(17)6-12)3-8(5-9)11(13,14)15/h3-5H,6H2,1-2H3. The minimum Gasteiger partial charge on any atom is -0.293 e. The third-order valence-electron chi connectivity index (χ3n) is 2.46. The van der Waals surface area contributed by atoms with Crippen LogP contribution in [0.25, 0.3) is 0 Å². The molecule has 0 spiro atoms. The fraction of sp³-hybridized carbons (Fsp3) is 0.364. The molecule has 0 aromatic heterocycles. The molecule has 0 aliphatic carbocycles. The Hall–Kier alpha value is -1.12. The molecule has 0 saturated heterocycles. The van der Waals surface area contributed by atoms with Crippen LogP contribution in [0.15, 0.2) is 23.1 Å². The van der Waals surface area contributed by atoms with Crippen LogP contribution in [0.3, 0.4) is 0 Å². The van der Waals surface area contributed by atoms with Crippen LogP contribution in [0.1, 0.15) is 15.9 Å². The Morgan fingerprint density at radius 3 is 2.20 bits per heavy atom. The first-order chi connectivity index (χ1) is 9.00. The van der Waals surface area contributed by atoms with Crippen LogP contribution in [-0.4, -0.2) is 38.5 Å². The molecule has 9 heteroatoms. The Kier molecular flexibility index (Phi) is 4.83. The second-order valence-corrected chi connectivity index (χ2v) is 6.51. The van der Waals surface area contributed by atoms with Gasteiger partial charge in [-0.05, 0) is 18.2 Å². The lowest BCUT2D eigenvalue weighted by molar-refractivity contribution is -0.137. The molecule has 112 valence electrons. The lowest BCUT2D eigenvalue weighted by atomic mass is 10.1. The number of rotatable bonds is 4. The van der Waals surface area contributed by atoms with E-state index in [0.717, 1.165) is 10.4 Å². The van der Waals surface area contributed by atoms with Gasteiger partial charge in [-0.15, -0.1) is 11.6 Å². The molecule has 0 N–H and O–H groups in total. The van der Waals surface area contributed by atoms with Crippen molar-refractivity contribution in [2.45, 2.75) is 11.1 Å². The smallest absolute Gasteiger partial charge is 0.293 e. The summed E-state index contributed by atoms with van der Waals surface area (Å²) in [6.07, 6.45) is -4.76. The molecule has 0 aliphatic rings. The van der Waals surface area contributed by atoms with E-state index in [1.165, 1.54) is 14.1 Å². The van der Waals surface area contributed by atoms with Crippen LogP contribution in [0.5, 0.6) is 0 Å². The highest BCUT2D eigenvalue weighted by Gasteiger charge is 2.33. The fourth-order valence-corrected chi connectivity index (χ4v) is 2.49. The van der Waals surface area contributed by atoms with Crippen LogP contribution < -0.4 is 0 Å². The second-order valence-electron chi connectivity index (χ2n) is 4.09. The molecule has 0 heterocycles. The van der Waals surface area contributed by atoms with Crippen molar-refractivity contribution in [1.82, 2.24) is 4.31 Å². The summed E-state index contributed by atoms with van der Waals surface area (Å²) in [6, 6.07) is 1.95. The number of halogens is 4. The van der Waals surface area contributed by atoms with Crippen molar-refractivity contribution in [3.8, 4) is 0 Å². The molecule has 0 unspecified atom stereocenters. The number of sulfonamides is 1. The quantitative estimate of drug-likeness (QED) is 0.629. The summed E-state index contributed by atoms with van der Waals surface area (Å²) < 4.78 is 62.8. The zero-order chi connectivity index (χ0) is 15.7. The summed E-state index contributed by atoms with van der Waals surface area (Å²) in [5, 5.41) is 0. The summed E-state index contributed by atoms with van der Waals surface area (Å²) in [5.74, 6) is -1.32. The van der Waals surface area contributed by atoms with Gasteiger partial charge < -0.3 is 0 Å². The lowest BCUT2D eigenvalue weighted by Gasteiger charge is -2.15. The molecule has 0 fully saturated rings. The zero-order valence-corrected chi connectivity index (χ0v) is 12.1. The second kappa shape index (κ2) is 5.71. The Labute approximate surface area is 119 Å². The van der Waals surface area contributed by atoms with Crippen molar-refractivity contribution >= 4 is 27.4 Å². The van der Waals surface area contributed by atoms with Gasteiger partial charge in [0.05, 0.1) is 16.3 Å². The number of ketones is 1. The first kappa shape index (κ1) is 16.9. The van der Waals surface area contributed by atoms with E-state index in [1.54, 1.807) is 0 Å². The van der Waals surface area contributed by atoms with Crippen molar-refractivity contribution in [1.29, 1.82) is 0 Å². The topological polar surface area (TPSA) is 54.5 Å². The van der Waals surface area contributed by atoms with E-state index in [0.29, 0.717) is 12.1 Å². The van der Waals surface area contributed by atoms with Gasteiger partial charge in [-0.3, -0.25) is 4.79 Å². The lowest BCUT2D eigenvalue weighted by Crippen LogP contribution is -2.23. The molecule has 0 aliphatic heterocycles. The van der Waals surface area contributed by atoms with Gasteiger partial charge in [0.2, 0.25) is 10.0 Å². The predicted octanol–water partition coefficient (Wildman–Crippen LogP) is 2.38. The summed E-state index contributed by atoms with van der Waals surface area (Å²) in [6.45, 7) is 0. The number of Topliss-reactive ketones (excluding diaryl/α,β-unsaturated/α-hetero) is 1. The highest BCUT2D eigenvalue weighted by atomic mass is 35.5. The number of hydrogen-bond acceptors (Lipinski definition) is 3. The fourth-order valence-electron chi connectivity index (χ4n) is 1.36. The summed E-state index contributed by atoms with van der Waals surface area (Å²) in [5.41, 5.74) is -1.61. The van der Waals surface area contributed by atoms with Crippen molar-refractivity contribution < 1.29 is 26.4 Å².